The van der Waals surface area contributed by atoms with E-state index >= 15 is 0 Å². The van der Waals surface area contributed by atoms with Crippen LogP contribution in [0.1, 0.15) is 66.3 Å². The highest BCUT2D eigenvalue weighted by molar-refractivity contribution is 5.88. The number of aromatic nitrogens is 3. The fraction of sp³-hybridized carbons (Fsp3) is 0.677. The summed E-state index contributed by atoms with van der Waals surface area (Å²) >= 11 is 0. The molecule has 12 nitrogen and oxygen atoms in total. The van der Waals surface area contributed by atoms with Crippen LogP contribution in [0.3, 0.4) is 0 Å². The van der Waals surface area contributed by atoms with Crippen LogP contribution in [-0.4, -0.2) is 98.4 Å². The van der Waals surface area contributed by atoms with Gasteiger partial charge in [-0.1, -0.05) is 10.4 Å². The number of likely N-dealkylation sites (tertiary alicyclic amines) is 1. The molecule has 0 unspecified atom stereocenters. The van der Waals surface area contributed by atoms with Crippen LogP contribution in [0.4, 0.5) is 18.0 Å². The van der Waals surface area contributed by atoms with Gasteiger partial charge in [-0.05, 0) is 59.6 Å². The number of halogens is 3. The summed E-state index contributed by atoms with van der Waals surface area (Å²) in [6.45, 7) is 10.3. The van der Waals surface area contributed by atoms with E-state index in [2.05, 4.69) is 15.5 Å². The molecule has 0 aliphatic carbocycles. The van der Waals surface area contributed by atoms with Gasteiger partial charge < -0.3 is 33.8 Å². The van der Waals surface area contributed by atoms with Crippen LogP contribution in [0, 0.1) is 23.4 Å². The van der Waals surface area contributed by atoms with E-state index < -0.39 is 59.3 Å². The molecule has 4 aliphatic rings. The van der Waals surface area contributed by atoms with Crippen LogP contribution in [0.25, 0.3) is 11.3 Å². The third-order valence-corrected chi connectivity index (χ3v) is 8.76. The van der Waals surface area contributed by atoms with Crippen LogP contribution in [0.2, 0.25) is 0 Å². The molecule has 6 rings (SSSR count). The van der Waals surface area contributed by atoms with E-state index in [1.165, 1.54) is 10.9 Å². The van der Waals surface area contributed by atoms with Crippen LogP contribution < -0.4 is 0 Å². The van der Waals surface area contributed by atoms with Gasteiger partial charge in [0.15, 0.2) is 23.2 Å². The number of amides is 1. The Morgan fingerprint density at radius 1 is 1.15 bits per heavy atom. The Bertz CT molecular complexity index is 1450. The number of hydrogen-bond donors (Lipinski definition) is 1. The van der Waals surface area contributed by atoms with Crippen molar-refractivity contribution < 1.29 is 46.9 Å². The average molecular weight is 652 g/mol. The van der Waals surface area contributed by atoms with Gasteiger partial charge in [0.1, 0.15) is 41.8 Å². The highest BCUT2D eigenvalue weighted by atomic mass is 19.2. The number of nitrogens with zero attached hydrogens (tertiary/aromatic N) is 5. The molecule has 1 aromatic heterocycles. The Balaban J connectivity index is 1.13. The van der Waals surface area contributed by atoms with Crippen LogP contribution in [-0.2, 0) is 23.8 Å². The largest absolute Gasteiger partial charge is 0.444 e. The van der Waals surface area contributed by atoms with Gasteiger partial charge in [0.05, 0.1) is 24.6 Å². The lowest BCUT2D eigenvalue weighted by Crippen LogP contribution is -2.62. The van der Waals surface area contributed by atoms with E-state index in [0.717, 1.165) is 30.7 Å². The lowest BCUT2D eigenvalue weighted by molar-refractivity contribution is -0.349. The molecule has 2 aromatic rings. The highest BCUT2D eigenvalue weighted by Gasteiger charge is 2.53. The van der Waals surface area contributed by atoms with Crippen molar-refractivity contribution >= 4 is 11.8 Å². The number of ether oxygens (including phenoxy) is 4. The third kappa shape index (κ3) is 6.87. The molecule has 1 N–H and O–H groups in total. The molecule has 0 spiro atoms. The summed E-state index contributed by atoms with van der Waals surface area (Å²) in [5.74, 6) is -5.09. The van der Waals surface area contributed by atoms with E-state index in [4.69, 9.17) is 23.8 Å². The molecular formula is C31H40F3N5O7. The highest BCUT2D eigenvalue weighted by Crippen LogP contribution is 2.40. The number of rotatable bonds is 5. The molecule has 3 fully saturated rings. The van der Waals surface area contributed by atoms with Gasteiger partial charge in [0.2, 0.25) is 0 Å². The van der Waals surface area contributed by atoms with Crippen LogP contribution in [0.5, 0.6) is 0 Å². The molecule has 5 heterocycles. The van der Waals surface area contributed by atoms with Crippen molar-refractivity contribution in [2.24, 2.45) is 11.1 Å². The van der Waals surface area contributed by atoms with Gasteiger partial charge in [0, 0.05) is 37.4 Å². The predicted molar refractivity (Wildman–Crippen MR) is 156 cm³/mol. The SMILES string of the molecule is CC(C)(C)OC(=O)N1CCC(C2=NO[C@@H](C[C@H]3O[C@@H]4COC(C)(C)O[C@@H]4[C@H](n4cc(-c5cc(F)c(F)c(F)c5)nn4)[C@H]3O)C2)CC1. The molecule has 3 saturated heterocycles. The quantitative estimate of drug-likeness (QED) is 0.469. The van der Waals surface area contributed by atoms with E-state index in [9.17, 15) is 23.1 Å². The van der Waals surface area contributed by atoms with Crippen molar-refractivity contribution in [2.45, 2.75) is 108 Å². The first-order valence-electron chi connectivity index (χ1n) is 15.6. The minimum absolute atomic E-state index is 0.00788. The molecule has 6 atom stereocenters. The Kier molecular flexibility index (Phi) is 8.80. The van der Waals surface area contributed by atoms with E-state index in [0.29, 0.717) is 25.9 Å². The Morgan fingerprint density at radius 2 is 1.85 bits per heavy atom. The summed E-state index contributed by atoms with van der Waals surface area (Å²) < 4.78 is 66.7. The zero-order chi connectivity index (χ0) is 33.0. The molecule has 46 heavy (non-hydrogen) atoms. The van der Waals surface area contributed by atoms with Gasteiger partial charge >= 0.3 is 6.09 Å². The van der Waals surface area contributed by atoms with Crippen molar-refractivity contribution in [3.8, 4) is 11.3 Å². The maximum atomic E-state index is 13.9. The molecule has 1 amide bonds. The summed E-state index contributed by atoms with van der Waals surface area (Å²) in [6, 6.07) is 0.870. The number of carbonyl (C=O) groups excluding carboxylic acids is 1. The van der Waals surface area contributed by atoms with E-state index in [-0.39, 0.29) is 36.0 Å². The van der Waals surface area contributed by atoms with Crippen molar-refractivity contribution in [1.29, 1.82) is 0 Å². The number of oxime groups is 1. The maximum absolute atomic E-state index is 13.9. The molecular weight excluding hydrogens is 611 g/mol. The monoisotopic (exact) mass is 651 g/mol. The fourth-order valence-corrected chi connectivity index (χ4v) is 6.50. The minimum Gasteiger partial charge on any atom is -0.444 e. The van der Waals surface area contributed by atoms with E-state index in [1.807, 2.05) is 20.8 Å². The Hall–Kier alpha value is -3.27. The second kappa shape index (κ2) is 12.4. The predicted octanol–water partition coefficient (Wildman–Crippen LogP) is 4.37. The number of piperidine rings is 1. The topological polar surface area (TPSA) is 130 Å². The second-order valence-corrected chi connectivity index (χ2v) is 13.8. The van der Waals surface area contributed by atoms with Gasteiger partial charge in [0.25, 0.3) is 0 Å². The molecule has 252 valence electrons. The first-order valence-corrected chi connectivity index (χ1v) is 15.6. The summed E-state index contributed by atoms with van der Waals surface area (Å²) in [4.78, 5) is 20.0. The summed E-state index contributed by atoms with van der Waals surface area (Å²) in [7, 11) is 0. The zero-order valence-corrected chi connectivity index (χ0v) is 26.5. The van der Waals surface area contributed by atoms with Crippen LogP contribution >= 0.6 is 0 Å². The second-order valence-electron chi connectivity index (χ2n) is 13.8. The van der Waals surface area contributed by atoms with Crippen molar-refractivity contribution in [1.82, 2.24) is 19.9 Å². The number of carbonyl (C=O) groups is 1. The summed E-state index contributed by atoms with van der Waals surface area (Å²) in [6.07, 6.45) is -0.0277. The van der Waals surface area contributed by atoms with Crippen molar-refractivity contribution in [3.05, 3.63) is 35.8 Å². The third-order valence-electron chi connectivity index (χ3n) is 8.76. The lowest BCUT2D eigenvalue weighted by Gasteiger charge is -2.50. The maximum Gasteiger partial charge on any atom is 0.410 e. The molecule has 1 aromatic carbocycles. The Morgan fingerprint density at radius 3 is 2.52 bits per heavy atom. The van der Waals surface area contributed by atoms with Gasteiger partial charge in [-0.25, -0.2) is 22.6 Å². The average Bonchev–Trinajstić information content (AvgIpc) is 3.66. The van der Waals surface area contributed by atoms with Crippen molar-refractivity contribution in [2.75, 3.05) is 19.7 Å². The zero-order valence-electron chi connectivity index (χ0n) is 26.5. The standard InChI is InChI=1S/C31H40F3N5O7/c1-30(2,3)45-29(41)38-8-6-16(7-9-38)21-12-18(46-36-21)13-23-27(40)26(28-24(43-23)15-42-31(4,5)44-28)39-14-22(35-37-39)17-10-19(32)25(34)20(33)11-17/h10-11,14,16,18,23-24,26-28,40H,6-9,12-13,15H2,1-5H3/t18-,23-,24-,26-,27+,28+/m1/s1. The summed E-state index contributed by atoms with van der Waals surface area (Å²) in [5.41, 5.74) is 0.440. The van der Waals surface area contributed by atoms with Gasteiger partial charge in [-0.15, -0.1) is 5.10 Å². The van der Waals surface area contributed by atoms with Gasteiger partial charge in [-0.2, -0.15) is 0 Å². The number of aliphatic hydroxyl groups is 1. The lowest BCUT2D eigenvalue weighted by atomic mass is 9.86. The number of fused-ring (bicyclic) bond motifs is 1. The smallest absolute Gasteiger partial charge is 0.410 e. The molecule has 4 aliphatic heterocycles. The molecule has 0 radical (unpaired) electrons. The summed E-state index contributed by atoms with van der Waals surface area (Å²) in [5, 5.41) is 24.3. The number of aliphatic hydroxyl groups excluding tert-OH is 1. The number of benzene rings is 1. The van der Waals surface area contributed by atoms with Crippen LogP contribution in [0.15, 0.2) is 23.5 Å². The van der Waals surface area contributed by atoms with E-state index in [1.54, 1.807) is 18.7 Å². The fourth-order valence-electron chi connectivity index (χ4n) is 6.50. The van der Waals surface area contributed by atoms with Gasteiger partial charge in [-0.3, -0.25) is 0 Å². The normalized spacial score (nSPS) is 30.0. The first kappa shape index (κ1) is 32.7. The minimum atomic E-state index is -1.58. The number of hydrogen-bond acceptors (Lipinski definition) is 10. The molecule has 15 heteroatoms. The molecule has 0 saturated carbocycles. The Labute approximate surface area is 264 Å². The molecule has 0 bridgehead atoms. The van der Waals surface area contributed by atoms with Crippen molar-refractivity contribution in [3.63, 3.8) is 0 Å². The first-order chi connectivity index (χ1) is 21.7.